The lowest BCUT2D eigenvalue weighted by Crippen LogP contribution is -2.24. The van der Waals surface area contributed by atoms with Crippen molar-refractivity contribution >= 4 is 0 Å². The second-order valence-electron chi connectivity index (χ2n) is 5.84. The SMILES string of the molecule is COc1ccc(C(O)CNCC2CC2(C)C)cc1. The van der Waals surface area contributed by atoms with Crippen molar-refractivity contribution in [2.24, 2.45) is 11.3 Å². The highest BCUT2D eigenvalue weighted by Gasteiger charge is 2.44. The summed E-state index contributed by atoms with van der Waals surface area (Å²) in [6.07, 6.45) is 0.844. The molecule has 0 aromatic heterocycles. The van der Waals surface area contributed by atoms with E-state index in [9.17, 15) is 5.11 Å². The maximum atomic E-state index is 10.0. The Morgan fingerprint density at radius 2 is 2.00 bits per heavy atom. The van der Waals surface area contributed by atoms with E-state index in [0.717, 1.165) is 23.8 Å². The molecular formula is C15H23NO2. The number of nitrogens with one attached hydrogen (secondary N) is 1. The number of benzene rings is 1. The van der Waals surface area contributed by atoms with Crippen LogP contribution in [-0.4, -0.2) is 25.3 Å². The summed E-state index contributed by atoms with van der Waals surface area (Å²) in [6, 6.07) is 7.57. The number of hydrogen-bond donors (Lipinski definition) is 2. The molecule has 1 aliphatic rings. The Labute approximate surface area is 109 Å². The minimum Gasteiger partial charge on any atom is -0.497 e. The topological polar surface area (TPSA) is 41.5 Å². The van der Waals surface area contributed by atoms with Crippen LogP contribution in [-0.2, 0) is 0 Å². The van der Waals surface area contributed by atoms with Gasteiger partial charge in [-0.3, -0.25) is 0 Å². The van der Waals surface area contributed by atoms with Crippen LogP contribution in [0.1, 0.15) is 31.9 Å². The molecule has 1 saturated carbocycles. The van der Waals surface area contributed by atoms with Gasteiger partial charge in [0, 0.05) is 6.54 Å². The summed E-state index contributed by atoms with van der Waals surface area (Å²) >= 11 is 0. The second-order valence-corrected chi connectivity index (χ2v) is 5.84. The molecule has 3 nitrogen and oxygen atoms in total. The molecule has 18 heavy (non-hydrogen) atoms. The van der Waals surface area contributed by atoms with Crippen LogP contribution in [0.2, 0.25) is 0 Å². The summed E-state index contributed by atoms with van der Waals surface area (Å²) in [6.45, 7) is 6.19. The van der Waals surface area contributed by atoms with Crippen molar-refractivity contribution in [1.82, 2.24) is 5.32 Å². The van der Waals surface area contributed by atoms with Gasteiger partial charge in [0.25, 0.3) is 0 Å². The molecule has 0 heterocycles. The zero-order chi connectivity index (χ0) is 13.2. The Morgan fingerprint density at radius 1 is 1.39 bits per heavy atom. The van der Waals surface area contributed by atoms with E-state index >= 15 is 0 Å². The largest absolute Gasteiger partial charge is 0.497 e. The number of hydrogen-bond acceptors (Lipinski definition) is 3. The molecule has 2 unspecified atom stereocenters. The number of methoxy groups -OCH3 is 1. The van der Waals surface area contributed by atoms with Crippen molar-refractivity contribution in [2.75, 3.05) is 20.2 Å². The van der Waals surface area contributed by atoms with E-state index in [1.165, 1.54) is 6.42 Å². The molecule has 3 heteroatoms. The fourth-order valence-corrected chi connectivity index (χ4v) is 2.26. The molecule has 0 saturated heterocycles. The van der Waals surface area contributed by atoms with Crippen molar-refractivity contribution in [1.29, 1.82) is 0 Å². The summed E-state index contributed by atoms with van der Waals surface area (Å²) in [4.78, 5) is 0. The molecule has 1 aromatic rings. The first-order chi connectivity index (χ1) is 8.53. The molecule has 0 spiro atoms. The third kappa shape index (κ3) is 3.24. The number of aliphatic hydroxyl groups is 1. The zero-order valence-corrected chi connectivity index (χ0v) is 11.4. The van der Waals surface area contributed by atoms with Gasteiger partial charge in [0.2, 0.25) is 0 Å². The highest BCUT2D eigenvalue weighted by Crippen LogP contribution is 2.50. The molecule has 0 amide bonds. The first kappa shape index (κ1) is 13.4. The van der Waals surface area contributed by atoms with Gasteiger partial charge in [-0.1, -0.05) is 26.0 Å². The zero-order valence-electron chi connectivity index (χ0n) is 11.4. The van der Waals surface area contributed by atoms with E-state index in [1.807, 2.05) is 24.3 Å². The number of rotatable bonds is 6. The van der Waals surface area contributed by atoms with Gasteiger partial charge < -0.3 is 15.2 Å². The van der Waals surface area contributed by atoms with Gasteiger partial charge in [-0.25, -0.2) is 0 Å². The average Bonchev–Trinajstić information content (AvgIpc) is 2.97. The van der Waals surface area contributed by atoms with E-state index < -0.39 is 6.10 Å². The molecule has 1 aliphatic carbocycles. The van der Waals surface area contributed by atoms with E-state index in [0.29, 0.717) is 12.0 Å². The number of aliphatic hydroxyl groups excluding tert-OH is 1. The summed E-state index contributed by atoms with van der Waals surface area (Å²) in [5, 5.41) is 13.4. The predicted octanol–water partition coefficient (Wildman–Crippen LogP) is 2.36. The Balaban J connectivity index is 1.75. The normalized spacial score (nSPS) is 22.6. The second kappa shape index (κ2) is 5.29. The molecule has 2 atom stereocenters. The van der Waals surface area contributed by atoms with E-state index in [1.54, 1.807) is 7.11 Å². The first-order valence-electron chi connectivity index (χ1n) is 6.55. The highest BCUT2D eigenvalue weighted by molar-refractivity contribution is 5.28. The smallest absolute Gasteiger partial charge is 0.118 e. The molecule has 1 aromatic carbocycles. The van der Waals surface area contributed by atoms with Crippen LogP contribution in [0.3, 0.4) is 0 Å². The number of ether oxygens (including phenoxy) is 1. The monoisotopic (exact) mass is 249 g/mol. The van der Waals surface area contributed by atoms with Gasteiger partial charge in [0.05, 0.1) is 13.2 Å². The lowest BCUT2D eigenvalue weighted by Gasteiger charge is -2.13. The predicted molar refractivity (Wildman–Crippen MR) is 72.7 cm³/mol. The Hall–Kier alpha value is -1.06. The molecule has 0 radical (unpaired) electrons. The molecule has 0 bridgehead atoms. The van der Waals surface area contributed by atoms with Gasteiger partial charge in [0.1, 0.15) is 5.75 Å². The minimum atomic E-state index is -0.447. The lowest BCUT2D eigenvalue weighted by molar-refractivity contribution is 0.174. The van der Waals surface area contributed by atoms with Gasteiger partial charge in [-0.05, 0) is 42.0 Å². The fourth-order valence-electron chi connectivity index (χ4n) is 2.26. The standard InChI is InChI=1S/C15H23NO2/c1-15(2)8-12(15)9-16-10-14(17)11-4-6-13(18-3)7-5-11/h4-7,12,14,16-17H,8-10H2,1-3H3. The molecule has 1 fully saturated rings. The maximum absolute atomic E-state index is 10.0. The minimum absolute atomic E-state index is 0.447. The maximum Gasteiger partial charge on any atom is 0.118 e. The third-order valence-corrected chi connectivity index (χ3v) is 3.95. The molecule has 100 valence electrons. The molecule has 2 N–H and O–H groups in total. The summed E-state index contributed by atoms with van der Waals surface area (Å²) in [7, 11) is 1.64. The van der Waals surface area contributed by atoms with E-state index in [2.05, 4.69) is 19.2 Å². The van der Waals surface area contributed by atoms with Crippen molar-refractivity contribution in [3.63, 3.8) is 0 Å². The van der Waals surface area contributed by atoms with Crippen LogP contribution in [0.4, 0.5) is 0 Å². The Bertz CT molecular complexity index is 386. The molecule has 2 rings (SSSR count). The molecule has 0 aliphatic heterocycles. The summed E-state index contributed by atoms with van der Waals surface area (Å²) < 4.78 is 5.10. The van der Waals surface area contributed by atoms with Crippen LogP contribution in [0.15, 0.2) is 24.3 Å². The van der Waals surface area contributed by atoms with E-state index in [-0.39, 0.29) is 0 Å². The van der Waals surface area contributed by atoms with Gasteiger partial charge >= 0.3 is 0 Å². The summed E-state index contributed by atoms with van der Waals surface area (Å²) in [5.74, 6) is 1.58. The van der Waals surface area contributed by atoms with Crippen LogP contribution in [0.25, 0.3) is 0 Å². The summed E-state index contributed by atoms with van der Waals surface area (Å²) in [5.41, 5.74) is 1.43. The third-order valence-electron chi connectivity index (χ3n) is 3.95. The van der Waals surface area contributed by atoms with Crippen molar-refractivity contribution < 1.29 is 9.84 Å². The van der Waals surface area contributed by atoms with Crippen molar-refractivity contribution in [3.8, 4) is 5.75 Å². The molecular weight excluding hydrogens is 226 g/mol. The highest BCUT2D eigenvalue weighted by atomic mass is 16.5. The van der Waals surface area contributed by atoms with Gasteiger partial charge in [-0.2, -0.15) is 0 Å². The van der Waals surface area contributed by atoms with Crippen LogP contribution >= 0.6 is 0 Å². The van der Waals surface area contributed by atoms with Crippen LogP contribution in [0.5, 0.6) is 5.75 Å². The lowest BCUT2D eigenvalue weighted by atomic mass is 10.1. The quantitative estimate of drug-likeness (QED) is 0.813. The van der Waals surface area contributed by atoms with Crippen LogP contribution in [0, 0.1) is 11.3 Å². The van der Waals surface area contributed by atoms with Crippen molar-refractivity contribution in [2.45, 2.75) is 26.4 Å². The Kier molecular flexibility index (Phi) is 3.93. The Morgan fingerprint density at radius 3 is 2.50 bits per heavy atom. The van der Waals surface area contributed by atoms with Gasteiger partial charge in [0.15, 0.2) is 0 Å². The fraction of sp³-hybridized carbons (Fsp3) is 0.600. The first-order valence-corrected chi connectivity index (χ1v) is 6.55. The van der Waals surface area contributed by atoms with Crippen LogP contribution < -0.4 is 10.1 Å². The average molecular weight is 249 g/mol. The van der Waals surface area contributed by atoms with E-state index in [4.69, 9.17) is 4.74 Å². The van der Waals surface area contributed by atoms with Gasteiger partial charge in [-0.15, -0.1) is 0 Å². The van der Waals surface area contributed by atoms with Crippen molar-refractivity contribution in [3.05, 3.63) is 29.8 Å².